The van der Waals surface area contributed by atoms with Crippen LogP contribution in [0.3, 0.4) is 0 Å². The summed E-state index contributed by atoms with van der Waals surface area (Å²) in [5.41, 5.74) is -3.22. The van der Waals surface area contributed by atoms with E-state index in [1.165, 1.54) is 6.92 Å². The molecule has 0 amide bonds. The number of ether oxygens (including phenoxy) is 2. The van der Waals surface area contributed by atoms with Crippen LogP contribution in [0.15, 0.2) is 0 Å². The molecule has 2 bridgehead atoms. The fourth-order valence-electron chi connectivity index (χ4n) is 8.48. The normalized spacial score (nSPS) is 52.7. The van der Waals surface area contributed by atoms with Crippen LogP contribution in [0.25, 0.3) is 0 Å². The summed E-state index contributed by atoms with van der Waals surface area (Å²) in [7, 11) is 0. The average Bonchev–Trinajstić information content (AvgIpc) is 3.07. The zero-order valence-electron chi connectivity index (χ0n) is 17.1. The standard InChI is InChI=1S/C22H30O7/c1-12(23)28-13-5-8-21-16-6-7-19(2)14(17(24)25)3-4-15(19)22(16,29-18(21)26)10-9-20(21,27)11-13/h13-16,27H,3-11H2,1-2H3,(H,24,25)/t13-,14-,15-,16-,19+,20+,21-,22-/m0/s1. The first-order valence-corrected chi connectivity index (χ1v) is 10.9. The molecule has 2 N–H and O–H groups in total. The van der Waals surface area contributed by atoms with E-state index in [9.17, 15) is 24.6 Å². The molecule has 5 rings (SSSR count). The Kier molecular flexibility index (Phi) is 3.83. The van der Waals surface area contributed by atoms with Crippen LogP contribution in [0.5, 0.6) is 0 Å². The van der Waals surface area contributed by atoms with Crippen LogP contribution >= 0.6 is 0 Å². The SMILES string of the molecule is CC(=O)O[C@H]1CC[C@]23C(=O)O[C@]4(CC[C@@]2(O)C1)[C@H]3CC[C@]1(C)[C@H](C(=O)O)CC[C@@H]14. The maximum atomic E-state index is 13.4. The highest BCUT2D eigenvalue weighted by atomic mass is 16.6. The molecule has 1 saturated heterocycles. The number of aliphatic hydroxyl groups is 1. The molecule has 8 atom stereocenters. The monoisotopic (exact) mass is 406 g/mol. The van der Waals surface area contributed by atoms with E-state index in [-0.39, 0.29) is 41.7 Å². The Hall–Kier alpha value is -1.63. The number of fused-ring (bicyclic) bond motifs is 1. The maximum Gasteiger partial charge on any atom is 0.316 e. The predicted molar refractivity (Wildman–Crippen MR) is 99.5 cm³/mol. The highest BCUT2D eigenvalue weighted by Gasteiger charge is 2.80. The van der Waals surface area contributed by atoms with Gasteiger partial charge in [0.05, 0.1) is 11.5 Å². The number of hydrogen-bond acceptors (Lipinski definition) is 6. The van der Waals surface area contributed by atoms with E-state index >= 15 is 0 Å². The number of aliphatic carboxylic acids is 1. The molecule has 4 saturated carbocycles. The number of carboxylic acids is 1. The zero-order valence-corrected chi connectivity index (χ0v) is 17.1. The van der Waals surface area contributed by atoms with Crippen molar-refractivity contribution < 1.29 is 34.1 Å². The van der Waals surface area contributed by atoms with E-state index < -0.39 is 28.5 Å². The van der Waals surface area contributed by atoms with E-state index in [1.54, 1.807) is 0 Å². The quantitative estimate of drug-likeness (QED) is 0.678. The molecule has 0 aromatic rings. The van der Waals surface area contributed by atoms with Gasteiger partial charge >= 0.3 is 17.9 Å². The van der Waals surface area contributed by atoms with Gasteiger partial charge in [0, 0.05) is 25.2 Å². The minimum Gasteiger partial charge on any atom is -0.481 e. The first-order chi connectivity index (χ1) is 13.6. The molecule has 7 heteroatoms. The van der Waals surface area contributed by atoms with Crippen molar-refractivity contribution in [3.8, 4) is 0 Å². The minimum atomic E-state index is -1.23. The molecule has 0 unspecified atom stereocenters. The third-order valence-electron chi connectivity index (χ3n) is 9.55. The molecule has 0 aromatic carbocycles. The summed E-state index contributed by atoms with van der Waals surface area (Å²) in [6.07, 6.45) is 4.69. The van der Waals surface area contributed by atoms with Crippen LogP contribution in [0, 0.1) is 28.6 Å². The first kappa shape index (κ1) is 19.3. The maximum absolute atomic E-state index is 13.4. The van der Waals surface area contributed by atoms with Gasteiger partial charge in [0.2, 0.25) is 0 Å². The number of carboxylic acid groups (broad SMARTS) is 1. The molecular weight excluding hydrogens is 376 g/mol. The highest BCUT2D eigenvalue weighted by molar-refractivity contribution is 5.83. The summed E-state index contributed by atoms with van der Waals surface area (Å²) in [5.74, 6) is -1.91. The Morgan fingerprint density at radius 3 is 2.52 bits per heavy atom. The Morgan fingerprint density at radius 2 is 1.83 bits per heavy atom. The lowest BCUT2D eigenvalue weighted by atomic mass is 9.42. The summed E-state index contributed by atoms with van der Waals surface area (Å²) in [4.78, 5) is 36.7. The summed E-state index contributed by atoms with van der Waals surface area (Å²) < 4.78 is 11.6. The van der Waals surface area contributed by atoms with Gasteiger partial charge in [-0.05, 0) is 56.8 Å². The lowest BCUT2D eigenvalue weighted by Crippen LogP contribution is -2.67. The molecule has 5 fully saturated rings. The molecule has 0 radical (unpaired) electrons. The Labute approximate surface area is 170 Å². The average molecular weight is 406 g/mol. The topological polar surface area (TPSA) is 110 Å². The number of carbonyl (C=O) groups is 3. The molecule has 5 aliphatic rings. The molecule has 29 heavy (non-hydrogen) atoms. The van der Waals surface area contributed by atoms with Crippen molar-refractivity contribution in [3.05, 3.63) is 0 Å². The van der Waals surface area contributed by atoms with Crippen molar-refractivity contribution in [1.82, 2.24) is 0 Å². The summed E-state index contributed by atoms with van der Waals surface area (Å²) in [6, 6.07) is 0. The van der Waals surface area contributed by atoms with Gasteiger partial charge in [-0.1, -0.05) is 6.92 Å². The van der Waals surface area contributed by atoms with Crippen LogP contribution in [0.2, 0.25) is 0 Å². The third-order valence-corrected chi connectivity index (χ3v) is 9.55. The molecule has 1 spiro atoms. The fourth-order valence-corrected chi connectivity index (χ4v) is 8.48. The molecule has 0 aromatic heterocycles. The Balaban J connectivity index is 1.53. The molecule has 1 heterocycles. The fraction of sp³-hybridized carbons (Fsp3) is 0.864. The van der Waals surface area contributed by atoms with E-state index in [4.69, 9.17) is 9.47 Å². The molecular formula is C22H30O7. The largest absolute Gasteiger partial charge is 0.481 e. The summed E-state index contributed by atoms with van der Waals surface area (Å²) >= 11 is 0. The number of rotatable bonds is 2. The Bertz CT molecular complexity index is 794. The van der Waals surface area contributed by atoms with Gasteiger partial charge in [-0.15, -0.1) is 0 Å². The Morgan fingerprint density at radius 1 is 1.07 bits per heavy atom. The van der Waals surface area contributed by atoms with Crippen molar-refractivity contribution in [2.45, 2.75) is 88.9 Å². The van der Waals surface area contributed by atoms with Gasteiger partial charge in [-0.25, -0.2) is 0 Å². The van der Waals surface area contributed by atoms with E-state index in [0.717, 1.165) is 12.8 Å². The third kappa shape index (κ3) is 2.15. The number of hydrogen-bond donors (Lipinski definition) is 2. The molecule has 4 aliphatic carbocycles. The smallest absolute Gasteiger partial charge is 0.316 e. The van der Waals surface area contributed by atoms with Crippen molar-refractivity contribution in [3.63, 3.8) is 0 Å². The van der Waals surface area contributed by atoms with Crippen molar-refractivity contribution in [1.29, 1.82) is 0 Å². The second kappa shape index (κ2) is 5.74. The van der Waals surface area contributed by atoms with Crippen molar-refractivity contribution in [2.24, 2.45) is 28.6 Å². The van der Waals surface area contributed by atoms with Gasteiger partial charge < -0.3 is 19.7 Å². The van der Waals surface area contributed by atoms with Gasteiger partial charge in [0.1, 0.15) is 17.1 Å². The lowest BCUT2D eigenvalue weighted by Gasteiger charge is -2.61. The van der Waals surface area contributed by atoms with E-state index in [0.29, 0.717) is 38.5 Å². The van der Waals surface area contributed by atoms with Crippen LogP contribution in [-0.4, -0.2) is 45.4 Å². The predicted octanol–water partition coefficient (Wildman–Crippen LogP) is 2.44. The van der Waals surface area contributed by atoms with Gasteiger partial charge in [-0.2, -0.15) is 0 Å². The van der Waals surface area contributed by atoms with Crippen LogP contribution in [0.1, 0.15) is 71.6 Å². The van der Waals surface area contributed by atoms with Crippen molar-refractivity contribution >= 4 is 17.9 Å². The van der Waals surface area contributed by atoms with Crippen molar-refractivity contribution in [2.75, 3.05) is 0 Å². The van der Waals surface area contributed by atoms with Gasteiger partial charge in [0.25, 0.3) is 0 Å². The highest BCUT2D eigenvalue weighted by Crippen LogP contribution is 2.74. The number of esters is 2. The zero-order chi connectivity index (χ0) is 20.8. The first-order valence-electron chi connectivity index (χ1n) is 10.9. The number of carbonyl (C=O) groups excluding carboxylic acids is 2. The second-order valence-electron chi connectivity index (χ2n) is 10.4. The van der Waals surface area contributed by atoms with Crippen LogP contribution in [0.4, 0.5) is 0 Å². The lowest BCUT2D eigenvalue weighted by molar-refractivity contribution is -0.219. The summed E-state index contributed by atoms with van der Waals surface area (Å²) in [5, 5.41) is 21.5. The van der Waals surface area contributed by atoms with Gasteiger partial charge in [0.15, 0.2) is 0 Å². The summed E-state index contributed by atoms with van der Waals surface area (Å²) in [6.45, 7) is 3.43. The molecule has 7 nitrogen and oxygen atoms in total. The molecule has 160 valence electrons. The van der Waals surface area contributed by atoms with Crippen LogP contribution < -0.4 is 0 Å². The van der Waals surface area contributed by atoms with Gasteiger partial charge in [-0.3, -0.25) is 14.4 Å². The van der Waals surface area contributed by atoms with E-state index in [1.807, 2.05) is 0 Å². The molecule has 1 aliphatic heterocycles. The second-order valence-corrected chi connectivity index (χ2v) is 10.4. The van der Waals surface area contributed by atoms with Crippen LogP contribution in [-0.2, 0) is 23.9 Å². The van der Waals surface area contributed by atoms with E-state index in [2.05, 4.69) is 6.92 Å². The minimum absolute atomic E-state index is 0.0221.